The first-order valence-electron chi connectivity index (χ1n) is 10.8. The van der Waals surface area contributed by atoms with Crippen LogP contribution < -0.4 is 0 Å². The van der Waals surface area contributed by atoms with Crippen LogP contribution in [-0.2, 0) is 0 Å². The third-order valence-corrected chi connectivity index (χ3v) is 9.80. The fourth-order valence-electron chi connectivity index (χ4n) is 8.45. The van der Waals surface area contributed by atoms with Gasteiger partial charge in [0.25, 0.3) is 0 Å². The highest BCUT2D eigenvalue weighted by atomic mass is 14.6. The third kappa shape index (κ3) is 2.30. The average Bonchev–Trinajstić information content (AvgIpc) is 2.85. The molecular formula is C24H40. The summed E-state index contributed by atoms with van der Waals surface area (Å²) in [5, 5.41) is 0. The van der Waals surface area contributed by atoms with Gasteiger partial charge in [-0.15, -0.1) is 0 Å². The van der Waals surface area contributed by atoms with E-state index in [4.69, 9.17) is 0 Å². The van der Waals surface area contributed by atoms with E-state index >= 15 is 0 Å². The first-order chi connectivity index (χ1) is 11.2. The van der Waals surface area contributed by atoms with Gasteiger partial charge in [0.15, 0.2) is 0 Å². The first kappa shape index (κ1) is 17.2. The summed E-state index contributed by atoms with van der Waals surface area (Å²) in [6, 6.07) is 0. The molecule has 0 aromatic rings. The number of fused-ring (bicyclic) bond motifs is 5. The molecule has 0 nitrogen and oxygen atoms in total. The fourth-order valence-corrected chi connectivity index (χ4v) is 8.45. The Bertz CT molecular complexity index is 528. The molecule has 4 aliphatic rings. The molecule has 0 N–H and O–H groups in total. The van der Waals surface area contributed by atoms with E-state index in [0.717, 1.165) is 29.6 Å². The molecule has 0 aromatic carbocycles. The number of hydrogen-bond acceptors (Lipinski definition) is 0. The molecule has 0 radical (unpaired) electrons. The van der Waals surface area contributed by atoms with Crippen molar-refractivity contribution in [3.8, 4) is 0 Å². The van der Waals surface area contributed by atoms with Crippen LogP contribution in [-0.4, -0.2) is 0 Å². The highest BCUT2D eigenvalue weighted by Crippen LogP contribution is 2.69. The van der Waals surface area contributed by atoms with Crippen LogP contribution in [0.15, 0.2) is 12.2 Å². The van der Waals surface area contributed by atoms with Crippen molar-refractivity contribution >= 4 is 0 Å². The van der Waals surface area contributed by atoms with E-state index in [9.17, 15) is 0 Å². The van der Waals surface area contributed by atoms with Crippen LogP contribution in [0.3, 0.4) is 0 Å². The Morgan fingerprint density at radius 3 is 2.21 bits per heavy atom. The van der Waals surface area contributed by atoms with Crippen LogP contribution in [0.4, 0.5) is 0 Å². The Morgan fingerprint density at radius 1 is 0.792 bits per heavy atom. The highest BCUT2D eigenvalue weighted by Gasteiger charge is 2.60. The van der Waals surface area contributed by atoms with Crippen LogP contribution in [0.2, 0.25) is 0 Å². The monoisotopic (exact) mass is 328 g/mol. The van der Waals surface area contributed by atoms with Gasteiger partial charge in [-0.2, -0.15) is 0 Å². The van der Waals surface area contributed by atoms with E-state index in [1.807, 2.05) is 0 Å². The summed E-state index contributed by atoms with van der Waals surface area (Å²) in [4.78, 5) is 0. The Kier molecular flexibility index (Phi) is 3.84. The van der Waals surface area contributed by atoms with Crippen molar-refractivity contribution in [3.63, 3.8) is 0 Å². The molecule has 0 aliphatic heterocycles. The fraction of sp³-hybridized carbons (Fsp3) is 0.917. The van der Waals surface area contributed by atoms with Crippen molar-refractivity contribution in [2.24, 2.45) is 45.8 Å². The zero-order valence-electron chi connectivity index (χ0n) is 17.0. The van der Waals surface area contributed by atoms with Crippen LogP contribution in [0.25, 0.3) is 0 Å². The smallest absolute Gasteiger partial charge is 0.0152 e. The van der Waals surface area contributed by atoms with Crippen LogP contribution in [0, 0.1) is 45.8 Å². The van der Waals surface area contributed by atoms with Crippen molar-refractivity contribution in [3.05, 3.63) is 12.2 Å². The molecule has 4 aliphatic carbocycles. The van der Waals surface area contributed by atoms with Crippen LogP contribution in [0.5, 0.6) is 0 Å². The second-order valence-electron chi connectivity index (χ2n) is 11.5. The normalized spacial score (nSPS) is 53.0. The van der Waals surface area contributed by atoms with E-state index < -0.39 is 0 Å². The number of allylic oxidation sites excluding steroid dienone is 1. The largest absolute Gasteiger partial charge is 0.0998 e. The van der Waals surface area contributed by atoms with E-state index in [1.54, 1.807) is 0 Å². The molecule has 4 fully saturated rings. The molecule has 24 heavy (non-hydrogen) atoms. The van der Waals surface area contributed by atoms with E-state index in [-0.39, 0.29) is 0 Å². The molecule has 7 unspecified atom stereocenters. The van der Waals surface area contributed by atoms with Crippen LogP contribution in [0.1, 0.15) is 92.4 Å². The van der Waals surface area contributed by atoms with Gasteiger partial charge in [0.1, 0.15) is 0 Å². The maximum Gasteiger partial charge on any atom is -0.0152 e. The summed E-state index contributed by atoms with van der Waals surface area (Å²) >= 11 is 0. The predicted octanol–water partition coefficient (Wildman–Crippen LogP) is 7.25. The molecule has 0 aromatic heterocycles. The number of hydrogen-bond donors (Lipinski definition) is 0. The maximum atomic E-state index is 4.37. The van der Waals surface area contributed by atoms with Crippen molar-refractivity contribution < 1.29 is 0 Å². The van der Waals surface area contributed by atoms with Crippen molar-refractivity contribution in [1.82, 2.24) is 0 Å². The highest BCUT2D eigenvalue weighted by molar-refractivity contribution is 5.15. The quantitative estimate of drug-likeness (QED) is 0.445. The second kappa shape index (κ2) is 5.37. The lowest BCUT2D eigenvalue weighted by Crippen LogP contribution is -2.54. The molecular weight excluding hydrogens is 288 g/mol. The molecule has 7 atom stereocenters. The summed E-state index contributed by atoms with van der Waals surface area (Å²) < 4.78 is 0. The minimum atomic E-state index is 0.574. The Labute approximate surface area is 150 Å². The summed E-state index contributed by atoms with van der Waals surface area (Å²) in [7, 11) is 0. The Hall–Kier alpha value is -0.260. The first-order valence-corrected chi connectivity index (χ1v) is 10.8. The minimum absolute atomic E-state index is 0.574. The minimum Gasteiger partial charge on any atom is -0.0998 e. The standard InChI is InChI=1S/C24H40/c1-16(2)19-9-10-20-18-8-7-17-15-22(3,4)13-14-23(17,5)21(18)11-12-24(19,20)6/h17-21H,1,7-15H2,2-6H3. The summed E-state index contributed by atoms with van der Waals surface area (Å²) in [5.74, 6) is 4.85. The van der Waals surface area contributed by atoms with Gasteiger partial charge in [0, 0.05) is 0 Å². The van der Waals surface area contributed by atoms with Gasteiger partial charge in [-0.3, -0.25) is 0 Å². The zero-order valence-corrected chi connectivity index (χ0v) is 17.0. The van der Waals surface area contributed by atoms with Gasteiger partial charge < -0.3 is 0 Å². The van der Waals surface area contributed by atoms with E-state index in [0.29, 0.717) is 16.2 Å². The van der Waals surface area contributed by atoms with Crippen molar-refractivity contribution in [1.29, 1.82) is 0 Å². The molecule has 0 bridgehead atoms. The molecule has 0 amide bonds. The molecule has 0 spiro atoms. The lowest BCUT2D eigenvalue weighted by atomic mass is 9.43. The summed E-state index contributed by atoms with van der Waals surface area (Å²) in [6.45, 7) is 17.1. The van der Waals surface area contributed by atoms with Gasteiger partial charge in [0.2, 0.25) is 0 Å². The molecule has 0 saturated heterocycles. The molecule has 0 heterocycles. The summed E-state index contributed by atoms with van der Waals surface area (Å²) in [6.07, 6.45) is 13.4. The molecule has 0 heteroatoms. The van der Waals surface area contributed by atoms with Crippen molar-refractivity contribution in [2.45, 2.75) is 92.4 Å². The number of rotatable bonds is 1. The van der Waals surface area contributed by atoms with Gasteiger partial charge in [-0.05, 0) is 111 Å². The molecule has 4 saturated carbocycles. The predicted molar refractivity (Wildman–Crippen MR) is 104 cm³/mol. The van der Waals surface area contributed by atoms with Crippen molar-refractivity contribution in [2.75, 3.05) is 0 Å². The van der Waals surface area contributed by atoms with Gasteiger partial charge in [0.05, 0.1) is 0 Å². The second-order valence-corrected chi connectivity index (χ2v) is 11.5. The van der Waals surface area contributed by atoms with E-state index in [1.165, 1.54) is 63.4 Å². The zero-order chi connectivity index (χ0) is 17.3. The lowest BCUT2D eigenvalue weighted by Gasteiger charge is -2.62. The van der Waals surface area contributed by atoms with E-state index in [2.05, 4.69) is 41.2 Å². The Balaban J connectivity index is 1.61. The van der Waals surface area contributed by atoms with Gasteiger partial charge in [-0.1, -0.05) is 39.8 Å². The van der Waals surface area contributed by atoms with Gasteiger partial charge >= 0.3 is 0 Å². The maximum absolute atomic E-state index is 4.37. The summed E-state index contributed by atoms with van der Waals surface area (Å²) in [5.41, 5.74) is 3.29. The van der Waals surface area contributed by atoms with Gasteiger partial charge in [-0.25, -0.2) is 0 Å². The third-order valence-electron chi connectivity index (χ3n) is 9.80. The molecule has 136 valence electrons. The topological polar surface area (TPSA) is 0 Å². The van der Waals surface area contributed by atoms with Crippen LogP contribution >= 0.6 is 0 Å². The molecule has 4 rings (SSSR count). The Morgan fingerprint density at radius 2 is 1.50 bits per heavy atom. The SMILES string of the molecule is C=C(C)C1CCC2C3CCC4CC(C)(C)CCC4(C)C3CCC12C. The average molecular weight is 329 g/mol. The lowest BCUT2D eigenvalue weighted by molar-refractivity contribution is -0.125.